The molecule has 1 aromatic rings. The van der Waals surface area contributed by atoms with Crippen LogP contribution in [-0.2, 0) is 9.59 Å². The number of likely N-dealkylation sites (tertiary alicyclic amines) is 1. The number of alkyl halides is 3. The van der Waals surface area contributed by atoms with Gasteiger partial charge in [-0.2, -0.15) is 13.2 Å². The minimum atomic E-state index is -4.61. The largest absolute Gasteiger partial charge is 0.481 e. The Morgan fingerprint density at radius 2 is 1.92 bits per heavy atom. The van der Waals surface area contributed by atoms with Crippen molar-refractivity contribution < 1.29 is 27.9 Å². The fourth-order valence-electron chi connectivity index (χ4n) is 3.78. The molecule has 0 aromatic heterocycles. The first-order chi connectivity index (χ1) is 12.2. The van der Waals surface area contributed by atoms with Gasteiger partial charge in [-0.1, -0.05) is 23.7 Å². The SMILES string of the molecule is O=C(O)[C@@H]1CN(C2CCCN(c3ccccc3Cl)C2=O)C[C@H]1C(F)(F)F. The molecule has 0 aliphatic carbocycles. The summed E-state index contributed by atoms with van der Waals surface area (Å²) in [5.74, 6) is -5.35. The number of carboxylic acid groups (broad SMARTS) is 1. The summed E-state index contributed by atoms with van der Waals surface area (Å²) in [6, 6.07) is 6.02. The van der Waals surface area contributed by atoms with E-state index in [1.54, 1.807) is 24.3 Å². The number of nitrogens with zero attached hydrogens (tertiary/aromatic N) is 2. The van der Waals surface area contributed by atoms with Crippen LogP contribution in [0.4, 0.5) is 18.9 Å². The third-order valence-corrected chi connectivity index (χ3v) is 5.40. The number of benzene rings is 1. The molecule has 2 heterocycles. The van der Waals surface area contributed by atoms with E-state index in [1.807, 2.05) is 0 Å². The molecule has 5 nitrogen and oxygen atoms in total. The molecule has 3 rings (SSSR count). The Morgan fingerprint density at radius 3 is 2.50 bits per heavy atom. The van der Waals surface area contributed by atoms with Crippen LogP contribution < -0.4 is 4.90 Å². The maximum absolute atomic E-state index is 13.2. The normalized spacial score (nSPS) is 27.8. The lowest BCUT2D eigenvalue weighted by Crippen LogP contribution is -2.52. The second kappa shape index (κ2) is 7.08. The van der Waals surface area contributed by atoms with Crippen molar-refractivity contribution in [1.82, 2.24) is 4.90 Å². The molecular formula is C17H18ClF3N2O3. The van der Waals surface area contributed by atoms with Crippen molar-refractivity contribution in [2.45, 2.75) is 25.1 Å². The van der Waals surface area contributed by atoms with Crippen LogP contribution in [0.25, 0.3) is 0 Å². The maximum atomic E-state index is 13.2. The highest BCUT2D eigenvalue weighted by molar-refractivity contribution is 6.33. The lowest BCUT2D eigenvalue weighted by molar-refractivity contribution is -0.188. The molecule has 1 N–H and O–H groups in total. The van der Waals surface area contributed by atoms with E-state index in [0.29, 0.717) is 30.1 Å². The smallest absolute Gasteiger partial charge is 0.393 e. The summed E-state index contributed by atoms with van der Waals surface area (Å²) in [5, 5.41) is 9.54. The Bertz CT molecular complexity index is 713. The number of carbonyl (C=O) groups excluding carboxylic acids is 1. The lowest BCUT2D eigenvalue weighted by Gasteiger charge is -2.37. The minimum Gasteiger partial charge on any atom is -0.481 e. The Balaban J connectivity index is 1.82. The van der Waals surface area contributed by atoms with Crippen LogP contribution in [0.2, 0.25) is 5.02 Å². The number of aliphatic carboxylic acids is 1. The van der Waals surface area contributed by atoms with Crippen molar-refractivity contribution in [3.8, 4) is 0 Å². The summed E-state index contributed by atoms with van der Waals surface area (Å²) in [4.78, 5) is 27.0. The maximum Gasteiger partial charge on any atom is 0.393 e. The van der Waals surface area contributed by atoms with Crippen molar-refractivity contribution in [1.29, 1.82) is 0 Å². The number of hydrogen-bond acceptors (Lipinski definition) is 3. The van der Waals surface area contributed by atoms with Gasteiger partial charge in [-0.05, 0) is 25.0 Å². The number of hydrogen-bond donors (Lipinski definition) is 1. The molecule has 3 atom stereocenters. The molecule has 0 radical (unpaired) electrons. The third kappa shape index (κ3) is 3.53. The Kier molecular flexibility index (Phi) is 5.16. The van der Waals surface area contributed by atoms with E-state index >= 15 is 0 Å². The standard InChI is InChI=1S/C17H18ClF3N2O3/c18-12-4-1-2-5-13(12)23-7-3-6-14(15(23)24)22-8-10(16(25)26)11(9-22)17(19,20)21/h1-2,4-5,10-11,14H,3,6-9H2,(H,25,26)/t10-,11-,14?/m1/s1. The van der Waals surface area contributed by atoms with Gasteiger partial charge in [0.05, 0.1) is 28.6 Å². The van der Waals surface area contributed by atoms with Crippen LogP contribution in [0.1, 0.15) is 12.8 Å². The summed E-state index contributed by atoms with van der Waals surface area (Å²) >= 11 is 6.14. The lowest BCUT2D eigenvalue weighted by atomic mass is 9.96. The summed E-state index contributed by atoms with van der Waals surface area (Å²) in [5.41, 5.74) is 0.519. The molecule has 0 bridgehead atoms. The highest BCUT2D eigenvalue weighted by atomic mass is 35.5. The average Bonchev–Trinajstić information content (AvgIpc) is 3.02. The first-order valence-electron chi connectivity index (χ1n) is 8.29. The van der Waals surface area contributed by atoms with E-state index in [-0.39, 0.29) is 12.5 Å². The number of piperidine rings is 1. The summed E-state index contributed by atoms with van der Waals surface area (Å²) in [6.07, 6.45) is -3.61. The van der Waals surface area contributed by atoms with Crippen LogP contribution in [-0.4, -0.2) is 53.7 Å². The first kappa shape index (κ1) is 19.0. The van der Waals surface area contributed by atoms with Crippen LogP contribution in [0.15, 0.2) is 24.3 Å². The second-order valence-electron chi connectivity index (χ2n) is 6.65. The van der Waals surface area contributed by atoms with Crippen molar-refractivity contribution in [3.63, 3.8) is 0 Å². The summed E-state index contributed by atoms with van der Waals surface area (Å²) in [7, 11) is 0. The number of anilines is 1. The van der Waals surface area contributed by atoms with Gasteiger partial charge in [-0.3, -0.25) is 14.5 Å². The van der Waals surface area contributed by atoms with Crippen LogP contribution in [0.3, 0.4) is 0 Å². The van der Waals surface area contributed by atoms with E-state index in [2.05, 4.69) is 0 Å². The van der Waals surface area contributed by atoms with Crippen molar-refractivity contribution in [2.75, 3.05) is 24.5 Å². The van der Waals surface area contributed by atoms with Gasteiger partial charge in [0.15, 0.2) is 0 Å². The van der Waals surface area contributed by atoms with Crippen molar-refractivity contribution in [2.24, 2.45) is 11.8 Å². The highest BCUT2D eigenvalue weighted by Crippen LogP contribution is 2.40. The van der Waals surface area contributed by atoms with Gasteiger partial charge in [0, 0.05) is 19.6 Å². The molecule has 1 unspecified atom stereocenters. The molecule has 2 fully saturated rings. The molecule has 1 amide bonds. The second-order valence-corrected chi connectivity index (χ2v) is 7.05. The number of amides is 1. The molecular weight excluding hydrogens is 373 g/mol. The van der Waals surface area contributed by atoms with Gasteiger partial charge in [0.1, 0.15) is 0 Å². The molecule has 2 aliphatic heterocycles. The zero-order chi connectivity index (χ0) is 19.1. The highest BCUT2D eigenvalue weighted by Gasteiger charge is 2.54. The fourth-order valence-corrected chi connectivity index (χ4v) is 4.01. The zero-order valence-electron chi connectivity index (χ0n) is 13.7. The van der Waals surface area contributed by atoms with Gasteiger partial charge in [-0.25, -0.2) is 0 Å². The van der Waals surface area contributed by atoms with Crippen molar-refractivity contribution in [3.05, 3.63) is 29.3 Å². The molecule has 1 aromatic carbocycles. The number of halogens is 4. The number of para-hydroxylation sites is 1. The van der Waals surface area contributed by atoms with Gasteiger partial charge < -0.3 is 10.0 Å². The van der Waals surface area contributed by atoms with Crippen LogP contribution in [0, 0.1) is 11.8 Å². The van der Waals surface area contributed by atoms with Crippen molar-refractivity contribution >= 4 is 29.2 Å². The first-order valence-corrected chi connectivity index (χ1v) is 8.67. The Morgan fingerprint density at radius 1 is 1.23 bits per heavy atom. The van der Waals surface area contributed by atoms with E-state index in [0.717, 1.165) is 0 Å². The molecule has 2 saturated heterocycles. The molecule has 2 aliphatic rings. The predicted molar refractivity (Wildman–Crippen MR) is 89.1 cm³/mol. The zero-order valence-corrected chi connectivity index (χ0v) is 14.5. The van der Waals surface area contributed by atoms with Crippen LogP contribution in [0.5, 0.6) is 0 Å². The van der Waals surface area contributed by atoms with Gasteiger partial charge in [0.2, 0.25) is 5.91 Å². The number of carbonyl (C=O) groups is 2. The summed E-state index contributed by atoms with van der Waals surface area (Å²) in [6.45, 7) is -0.336. The van der Waals surface area contributed by atoms with Gasteiger partial charge >= 0.3 is 12.1 Å². The van der Waals surface area contributed by atoms with E-state index in [4.69, 9.17) is 16.7 Å². The van der Waals surface area contributed by atoms with E-state index in [9.17, 15) is 22.8 Å². The molecule has 0 spiro atoms. The fraction of sp³-hybridized carbons (Fsp3) is 0.529. The monoisotopic (exact) mass is 390 g/mol. The Labute approximate surface area is 153 Å². The Hall–Kier alpha value is -1.80. The van der Waals surface area contributed by atoms with E-state index < -0.39 is 36.6 Å². The third-order valence-electron chi connectivity index (χ3n) is 5.08. The van der Waals surface area contributed by atoms with Gasteiger partial charge in [-0.15, -0.1) is 0 Å². The average molecular weight is 391 g/mol. The van der Waals surface area contributed by atoms with Gasteiger partial charge in [0.25, 0.3) is 0 Å². The summed E-state index contributed by atoms with van der Waals surface area (Å²) < 4.78 is 39.6. The molecule has 26 heavy (non-hydrogen) atoms. The number of carboxylic acids is 1. The number of rotatable bonds is 3. The molecule has 142 valence electrons. The topological polar surface area (TPSA) is 60.9 Å². The molecule has 0 saturated carbocycles. The quantitative estimate of drug-likeness (QED) is 0.861. The predicted octanol–water partition coefficient (Wildman–Crippen LogP) is 3.03. The van der Waals surface area contributed by atoms with Crippen LogP contribution >= 0.6 is 11.6 Å². The van der Waals surface area contributed by atoms with E-state index in [1.165, 1.54) is 9.80 Å². The molecule has 9 heteroatoms. The minimum absolute atomic E-state index is 0.285.